The van der Waals surface area contributed by atoms with Crippen LogP contribution in [0.2, 0.25) is 0 Å². The molecular formula is C22H14N6O7. The van der Waals surface area contributed by atoms with Crippen LogP contribution in [0.1, 0.15) is 20.7 Å². The Morgan fingerprint density at radius 3 is 1.94 bits per heavy atom. The van der Waals surface area contributed by atoms with Gasteiger partial charge in [-0.2, -0.15) is 0 Å². The molecule has 13 nitrogen and oxygen atoms in total. The standard InChI is InChI=1S/C22H14N6O7/c29-19(24-22-26-25-21(35-22)14-4-2-1-3-5-14)13-6-8-16(9-7-13)23-20(30)15-10-17(27(31)32)12-18(11-15)28(33)34/h1-12H,(H,23,30)(H,24,26,29). The molecule has 0 fully saturated rings. The maximum Gasteiger partial charge on any atom is 0.322 e. The molecule has 4 aromatic rings. The van der Waals surface area contributed by atoms with Gasteiger partial charge in [-0.3, -0.25) is 35.1 Å². The zero-order valence-corrected chi connectivity index (χ0v) is 17.6. The molecular weight excluding hydrogens is 460 g/mol. The number of aromatic nitrogens is 2. The van der Waals surface area contributed by atoms with E-state index in [1.165, 1.54) is 24.3 Å². The zero-order valence-electron chi connectivity index (χ0n) is 17.6. The summed E-state index contributed by atoms with van der Waals surface area (Å²) < 4.78 is 5.43. The third-order valence-corrected chi connectivity index (χ3v) is 4.66. The molecule has 0 saturated heterocycles. The van der Waals surface area contributed by atoms with Gasteiger partial charge in [0.15, 0.2) is 0 Å². The Morgan fingerprint density at radius 1 is 0.743 bits per heavy atom. The van der Waals surface area contributed by atoms with Crippen LogP contribution < -0.4 is 10.6 Å². The van der Waals surface area contributed by atoms with Crippen LogP contribution in [0.3, 0.4) is 0 Å². The summed E-state index contributed by atoms with van der Waals surface area (Å²) in [6.45, 7) is 0. The number of nitro benzene ring substituents is 2. The Kier molecular flexibility index (Phi) is 6.22. The summed E-state index contributed by atoms with van der Waals surface area (Å²) in [7, 11) is 0. The van der Waals surface area contributed by atoms with Crippen molar-refractivity contribution in [2.45, 2.75) is 0 Å². The highest BCUT2D eigenvalue weighted by atomic mass is 16.6. The van der Waals surface area contributed by atoms with Gasteiger partial charge in [0.05, 0.1) is 21.5 Å². The lowest BCUT2D eigenvalue weighted by atomic mass is 10.1. The number of rotatable bonds is 7. The molecule has 0 spiro atoms. The molecule has 0 radical (unpaired) electrons. The first kappa shape index (κ1) is 22.7. The molecule has 1 aromatic heterocycles. The number of hydrogen-bond donors (Lipinski definition) is 2. The number of carbonyl (C=O) groups excluding carboxylic acids is 2. The Hall–Kier alpha value is -5.46. The van der Waals surface area contributed by atoms with Crippen molar-refractivity contribution in [3.05, 3.63) is 104 Å². The van der Waals surface area contributed by atoms with Crippen LogP contribution in [0.5, 0.6) is 0 Å². The molecule has 0 atom stereocenters. The molecule has 13 heteroatoms. The summed E-state index contributed by atoms with van der Waals surface area (Å²) in [5.41, 5.74) is -0.285. The lowest BCUT2D eigenvalue weighted by molar-refractivity contribution is -0.394. The SMILES string of the molecule is O=C(Nc1ccc(C(=O)Nc2nnc(-c3ccccc3)o2)cc1)c1cc([N+](=O)[O-])cc([N+](=O)[O-])c1. The number of nitrogens with zero attached hydrogens (tertiary/aromatic N) is 4. The van der Waals surface area contributed by atoms with E-state index < -0.39 is 33.0 Å². The van der Waals surface area contributed by atoms with Crippen LogP contribution in [-0.4, -0.2) is 31.9 Å². The van der Waals surface area contributed by atoms with E-state index in [-0.39, 0.29) is 28.7 Å². The van der Waals surface area contributed by atoms with Gasteiger partial charge in [-0.05, 0) is 36.4 Å². The first-order valence-corrected chi connectivity index (χ1v) is 9.86. The monoisotopic (exact) mass is 474 g/mol. The lowest BCUT2D eigenvalue weighted by Crippen LogP contribution is -2.14. The van der Waals surface area contributed by atoms with Gasteiger partial charge in [-0.25, -0.2) is 0 Å². The van der Waals surface area contributed by atoms with E-state index in [0.717, 1.165) is 18.2 Å². The summed E-state index contributed by atoms with van der Waals surface area (Å²) in [5, 5.41) is 34.6. The number of nitro groups is 2. The van der Waals surface area contributed by atoms with Crippen molar-refractivity contribution in [3.8, 4) is 11.5 Å². The number of anilines is 2. The fourth-order valence-corrected chi connectivity index (χ4v) is 2.99. The van der Waals surface area contributed by atoms with Gasteiger partial charge in [-0.15, -0.1) is 5.10 Å². The van der Waals surface area contributed by atoms with Crippen molar-refractivity contribution in [3.63, 3.8) is 0 Å². The number of nitrogens with one attached hydrogen (secondary N) is 2. The Balaban J connectivity index is 1.43. The molecule has 0 bridgehead atoms. The average molecular weight is 474 g/mol. The quantitative estimate of drug-likeness (QED) is 0.294. The Morgan fingerprint density at radius 2 is 1.34 bits per heavy atom. The largest absolute Gasteiger partial charge is 0.403 e. The van der Waals surface area contributed by atoms with Gasteiger partial charge in [0.1, 0.15) is 0 Å². The highest BCUT2D eigenvalue weighted by Gasteiger charge is 2.20. The smallest absolute Gasteiger partial charge is 0.322 e. The summed E-state index contributed by atoms with van der Waals surface area (Å²) in [4.78, 5) is 45.3. The van der Waals surface area contributed by atoms with Crippen molar-refractivity contribution in [1.29, 1.82) is 0 Å². The van der Waals surface area contributed by atoms with Gasteiger partial charge >= 0.3 is 6.01 Å². The summed E-state index contributed by atoms with van der Waals surface area (Å²) in [6.07, 6.45) is 0. The van der Waals surface area contributed by atoms with E-state index in [1.54, 1.807) is 24.3 Å². The molecule has 35 heavy (non-hydrogen) atoms. The van der Waals surface area contributed by atoms with Crippen molar-refractivity contribution in [2.24, 2.45) is 0 Å². The fourth-order valence-electron chi connectivity index (χ4n) is 2.99. The van der Waals surface area contributed by atoms with Crippen molar-refractivity contribution >= 4 is 34.9 Å². The van der Waals surface area contributed by atoms with E-state index in [2.05, 4.69) is 20.8 Å². The van der Waals surface area contributed by atoms with Gasteiger partial charge < -0.3 is 9.73 Å². The predicted octanol–water partition coefficient (Wildman–Crippen LogP) is 4.06. The van der Waals surface area contributed by atoms with Gasteiger partial charge in [0, 0.05) is 28.9 Å². The summed E-state index contributed by atoms with van der Waals surface area (Å²) in [5.74, 6) is -1.10. The molecule has 0 unspecified atom stereocenters. The molecule has 0 aliphatic heterocycles. The third kappa shape index (κ3) is 5.31. The normalized spacial score (nSPS) is 10.4. The van der Waals surface area contributed by atoms with E-state index in [9.17, 15) is 29.8 Å². The topological polar surface area (TPSA) is 183 Å². The number of hydrogen-bond acceptors (Lipinski definition) is 9. The van der Waals surface area contributed by atoms with Crippen LogP contribution in [0.15, 0.2) is 77.2 Å². The summed E-state index contributed by atoms with van der Waals surface area (Å²) >= 11 is 0. The van der Waals surface area contributed by atoms with Crippen LogP contribution in [-0.2, 0) is 0 Å². The van der Waals surface area contributed by atoms with Crippen molar-refractivity contribution in [1.82, 2.24) is 10.2 Å². The highest BCUT2D eigenvalue weighted by Crippen LogP contribution is 2.24. The maximum atomic E-state index is 12.5. The van der Waals surface area contributed by atoms with E-state index in [0.29, 0.717) is 5.56 Å². The molecule has 0 aliphatic carbocycles. The van der Waals surface area contributed by atoms with Gasteiger partial charge in [0.25, 0.3) is 23.2 Å². The molecule has 2 amide bonds. The van der Waals surface area contributed by atoms with Crippen LogP contribution in [0.25, 0.3) is 11.5 Å². The van der Waals surface area contributed by atoms with Crippen molar-refractivity contribution < 1.29 is 23.9 Å². The number of non-ortho nitro benzene ring substituents is 2. The van der Waals surface area contributed by atoms with E-state index in [4.69, 9.17) is 4.42 Å². The Labute approximate surface area is 195 Å². The Bertz CT molecular complexity index is 1400. The second-order valence-corrected chi connectivity index (χ2v) is 7.02. The maximum absolute atomic E-state index is 12.5. The predicted molar refractivity (Wildman–Crippen MR) is 122 cm³/mol. The minimum absolute atomic E-state index is 0.0986. The first-order valence-electron chi connectivity index (χ1n) is 9.86. The molecule has 0 aliphatic rings. The van der Waals surface area contributed by atoms with E-state index in [1.807, 2.05) is 6.07 Å². The van der Waals surface area contributed by atoms with Gasteiger partial charge in [0.2, 0.25) is 5.89 Å². The van der Waals surface area contributed by atoms with Crippen LogP contribution >= 0.6 is 0 Å². The second-order valence-electron chi connectivity index (χ2n) is 7.02. The first-order chi connectivity index (χ1) is 16.8. The zero-order chi connectivity index (χ0) is 24.9. The molecule has 3 aromatic carbocycles. The highest BCUT2D eigenvalue weighted by molar-refractivity contribution is 6.06. The van der Waals surface area contributed by atoms with Gasteiger partial charge in [-0.1, -0.05) is 23.3 Å². The molecule has 174 valence electrons. The van der Waals surface area contributed by atoms with Crippen molar-refractivity contribution in [2.75, 3.05) is 10.6 Å². The second kappa shape index (κ2) is 9.58. The lowest BCUT2D eigenvalue weighted by Gasteiger charge is -2.07. The molecule has 0 saturated carbocycles. The third-order valence-electron chi connectivity index (χ3n) is 4.66. The van der Waals surface area contributed by atoms with Crippen LogP contribution in [0.4, 0.5) is 23.1 Å². The number of carbonyl (C=O) groups is 2. The summed E-state index contributed by atoms with van der Waals surface area (Å²) in [6, 6.07) is 17.2. The van der Waals surface area contributed by atoms with E-state index >= 15 is 0 Å². The molecule has 1 heterocycles. The fraction of sp³-hybridized carbons (Fsp3) is 0. The van der Waals surface area contributed by atoms with Crippen LogP contribution in [0, 0.1) is 20.2 Å². The number of benzene rings is 3. The number of amides is 2. The minimum Gasteiger partial charge on any atom is -0.403 e. The molecule has 4 rings (SSSR count). The molecule has 2 N–H and O–H groups in total. The average Bonchev–Trinajstić information content (AvgIpc) is 3.33. The minimum atomic E-state index is -0.830.